The Morgan fingerprint density at radius 3 is 2.91 bits per heavy atom. The SMILES string of the molecule is CC(C)CNc1cc(N)ns1. The highest BCUT2D eigenvalue weighted by molar-refractivity contribution is 7.10. The van der Waals surface area contributed by atoms with Gasteiger partial charge in [-0.15, -0.1) is 0 Å². The van der Waals surface area contributed by atoms with E-state index >= 15 is 0 Å². The molecular formula is C7H13N3S. The Balaban J connectivity index is 2.39. The second-order valence-corrected chi connectivity index (χ2v) is 3.70. The molecule has 0 bridgehead atoms. The van der Waals surface area contributed by atoms with Crippen molar-refractivity contribution < 1.29 is 0 Å². The Labute approximate surface area is 70.8 Å². The number of hydrogen-bond acceptors (Lipinski definition) is 4. The summed E-state index contributed by atoms with van der Waals surface area (Å²) in [6.45, 7) is 5.30. The zero-order valence-corrected chi connectivity index (χ0v) is 7.61. The van der Waals surface area contributed by atoms with Crippen molar-refractivity contribution in [3.63, 3.8) is 0 Å². The number of aromatic nitrogens is 1. The summed E-state index contributed by atoms with van der Waals surface area (Å²) in [5, 5.41) is 4.29. The van der Waals surface area contributed by atoms with Gasteiger partial charge in [0.15, 0.2) is 0 Å². The largest absolute Gasteiger partial charge is 0.383 e. The van der Waals surface area contributed by atoms with Crippen LogP contribution in [-0.2, 0) is 0 Å². The highest BCUT2D eigenvalue weighted by atomic mass is 32.1. The number of rotatable bonds is 3. The maximum absolute atomic E-state index is 5.44. The Morgan fingerprint density at radius 1 is 1.73 bits per heavy atom. The average molecular weight is 171 g/mol. The standard InChI is InChI=1S/C7H13N3S/c1-5(2)4-9-7-3-6(8)10-11-7/h3,5,9H,4H2,1-2H3,(H2,8,10). The first-order chi connectivity index (χ1) is 5.18. The van der Waals surface area contributed by atoms with Crippen LogP contribution in [0.2, 0.25) is 0 Å². The van der Waals surface area contributed by atoms with Gasteiger partial charge >= 0.3 is 0 Å². The summed E-state index contributed by atoms with van der Waals surface area (Å²) in [7, 11) is 0. The van der Waals surface area contributed by atoms with Crippen LogP contribution >= 0.6 is 11.5 Å². The molecule has 0 fully saturated rings. The topological polar surface area (TPSA) is 50.9 Å². The summed E-state index contributed by atoms with van der Waals surface area (Å²) in [5.41, 5.74) is 5.44. The van der Waals surface area contributed by atoms with Gasteiger partial charge in [0, 0.05) is 12.6 Å². The molecule has 0 aliphatic carbocycles. The van der Waals surface area contributed by atoms with E-state index in [1.165, 1.54) is 11.5 Å². The lowest BCUT2D eigenvalue weighted by atomic mass is 10.2. The van der Waals surface area contributed by atoms with E-state index in [0.29, 0.717) is 11.7 Å². The molecule has 4 heteroatoms. The molecule has 0 saturated heterocycles. The number of nitrogen functional groups attached to an aromatic ring is 1. The summed E-state index contributed by atoms with van der Waals surface area (Å²) in [5.74, 6) is 1.25. The maximum Gasteiger partial charge on any atom is 0.139 e. The predicted octanol–water partition coefficient (Wildman–Crippen LogP) is 1.79. The third kappa shape index (κ3) is 2.76. The van der Waals surface area contributed by atoms with E-state index in [4.69, 9.17) is 5.73 Å². The van der Waals surface area contributed by atoms with E-state index in [1.54, 1.807) is 0 Å². The van der Waals surface area contributed by atoms with Gasteiger partial charge in [-0.3, -0.25) is 0 Å². The van der Waals surface area contributed by atoms with Crippen LogP contribution in [0.1, 0.15) is 13.8 Å². The van der Waals surface area contributed by atoms with Gasteiger partial charge in [0.2, 0.25) is 0 Å². The van der Waals surface area contributed by atoms with Crippen LogP contribution in [0.4, 0.5) is 10.8 Å². The summed E-state index contributed by atoms with van der Waals surface area (Å²) >= 11 is 1.41. The number of anilines is 2. The van der Waals surface area contributed by atoms with Gasteiger partial charge < -0.3 is 11.1 Å². The fourth-order valence-corrected chi connectivity index (χ4v) is 1.25. The van der Waals surface area contributed by atoms with E-state index in [1.807, 2.05) is 6.07 Å². The van der Waals surface area contributed by atoms with E-state index in [2.05, 4.69) is 23.5 Å². The monoisotopic (exact) mass is 171 g/mol. The fourth-order valence-electron chi connectivity index (χ4n) is 0.677. The molecule has 3 nitrogen and oxygen atoms in total. The third-order valence-electron chi connectivity index (χ3n) is 1.21. The van der Waals surface area contributed by atoms with Crippen molar-refractivity contribution in [1.29, 1.82) is 0 Å². The van der Waals surface area contributed by atoms with Crippen molar-refractivity contribution in [2.24, 2.45) is 5.92 Å². The van der Waals surface area contributed by atoms with Crippen LogP contribution < -0.4 is 11.1 Å². The Kier molecular flexibility index (Phi) is 2.70. The van der Waals surface area contributed by atoms with Crippen LogP contribution in [0, 0.1) is 5.92 Å². The molecule has 0 radical (unpaired) electrons. The normalized spacial score (nSPS) is 10.5. The second-order valence-electron chi connectivity index (χ2n) is 2.89. The molecule has 0 aliphatic rings. The highest BCUT2D eigenvalue weighted by Crippen LogP contribution is 2.17. The minimum absolute atomic E-state index is 0.598. The highest BCUT2D eigenvalue weighted by Gasteiger charge is 1.98. The predicted molar refractivity (Wildman–Crippen MR) is 49.9 cm³/mol. The van der Waals surface area contributed by atoms with E-state index < -0.39 is 0 Å². The van der Waals surface area contributed by atoms with Crippen molar-refractivity contribution in [3.8, 4) is 0 Å². The third-order valence-corrected chi connectivity index (χ3v) is 1.97. The molecule has 0 spiro atoms. The molecule has 1 aromatic rings. The summed E-state index contributed by atoms with van der Waals surface area (Å²) in [6.07, 6.45) is 0. The lowest BCUT2D eigenvalue weighted by Gasteiger charge is -2.04. The van der Waals surface area contributed by atoms with E-state index in [0.717, 1.165) is 11.5 Å². The van der Waals surface area contributed by atoms with Gasteiger partial charge in [-0.1, -0.05) is 13.8 Å². The minimum Gasteiger partial charge on any atom is -0.383 e. The molecule has 0 aromatic carbocycles. The maximum atomic E-state index is 5.44. The first kappa shape index (κ1) is 8.33. The van der Waals surface area contributed by atoms with Crippen molar-refractivity contribution in [3.05, 3.63) is 6.07 Å². The summed E-state index contributed by atoms with van der Waals surface area (Å²) in [6, 6.07) is 1.85. The van der Waals surface area contributed by atoms with Gasteiger partial charge in [0.05, 0.1) is 0 Å². The quantitative estimate of drug-likeness (QED) is 0.729. The molecule has 0 aliphatic heterocycles. The summed E-state index contributed by atoms with van der Waals surface area (Å²) < 4.78 is 3.95. The van der Waals surface area contributed by atoms with Crippen molar-refractivity contribution >= 4 is 22.4 Å². The first-order valence-corrected chi connectivity index (χ1v) is 4.42. The van der Waals surface area contributed by atoms with Gasteiger partial charge in [-0.25, -0.2) is 0 Å². The minimum atomic E-state index is 0.598. The van der Waals surface area contributed by atoms with Crippen LogP contribution in [0.15, 0.2) is 6.07 Å². The smallest absolute Gasteiger partial charge is 0.139 e. The zero-order chi connectivity index (χ0) is 8.27. The van der Waals surface area contributed by atoms with E-state index in [-0.39, 0.29) is 0 Å². The van der Waals surface area contributed by atoms with Gasteiger partial charge in [-0.2, -0.15) is 4.37 Å². The van der Waals surface area contributed by atoms with E-state index in [9.17, 15) is 0 Å². The van der Waals surface area contributed by atoms with Crippen LogP contribution in [0.5, 0.6) is 0 Å². The molecule has 3 N–H and O–H groups in total. The molecule has 0 atom stereocenters. The molecule has 62 valence electrons. The molecule has 0 amide bonds. The average Bonchev–Trinajstić information content (AvgIpc) is 2.31. The van der Waals surface area contributed by atoms with Crippen molar-refractivity contribution in [2.75, 3.05) is 17.6 Å². The molecule has 1 aromatic heterocycles. The first-order valence-electron chi connectivity index (χ1n) is 3.64. The zero-order valence-electron chi connectivity index (χ0n) is 6.79. The van der Waals surface area contributed by atoms with Gasteiger partial charge in [-0.05, 0) is 17.5 Å². The second kappa shape index (κ2) is 3.57. The molecule has 1 heterocycles. The Hall–Kier alpha value is -0.770. The number of nitrogens with zero attached hydrogens (tertiary/aromatic N) is 1. The summed E-state index contributed by atoms with van der Waals surface area (Å²) in [4.78, 5) is 0. The molecule has 0 saturated carbocycles. The molecule has 11 heavy (non-hydrogen) atoms. The lowest BCUT2D eigenvalue weighted by molar-refractivity contribution is 0.690. The van der Waals surface area contributed by atoms with Gasteiger partial charge in [0.1, 0.15) is 10.8 Å². The molecule has 0 unspecified atom stereocenters. The van der Waals surface area contributed by atoms with Crippen LogP contribution in [-0.4, -0.2) is 10.9 Å². The number of nitrogens with two attached hydrogens (primary N) is 1. The van der Waals surface area contributed by atoms with Crippen molar-refractivity contribution in [1.82, 2.24) is 4.37 Å². The van der Waals surface area contributed by atoms with Gasteiger partial charge in [0.25, 0.3) is 0 Å². The van der Waals surface area contributed by atoms with Crippen LogP contribution in [0.3, 0.4) is 0 Å². The molecular weight excluding hydrogens is 158 g/mol. The number of hydrogen-bond donors (Lipinski definition) is 2. The van der Waals surface area contributed by atoms with Crippen molar-refractivity contribution in [2.45, 2.75) is 13.8 Å². The van der Waals surface area contributed by atoms with Crippen LogP contribution in [0.25, 0.3) is 0 Å². The Morgan fingerprint density at radius 2 is 2.45 bits per heavy atom. The molecule has 1 rings (SSSR count). The Bertz CT molecular complexity index is 219. The fraction of sp³-hybridized carbons (Fsp3) is 0.571. The number of nitrogens with one attached hydrogen (secondary N) is 1. The lowest BCUT2D eigenvalue weighted by Crippen LogP contribution is -2.06.